The standard InChI is InChI=1S/C12H18N2O/c1-4-12(3,5-2)14-9-11-7-6-10(8-13)15-11/h6-7,14H,4-5,9H2,1-3H3. The molecule has 3 nitrogen and oxygen atoms in total. The Balaban J connectivity index is 2.53. The van der Waals surface area contributed by atoms with E-state index in [-0.39, 0.29) is 5.54 Å². The van der Waals surface area contributed by atoms with Crippen molar-refractivity contribution in [3.05, 3.63) is 23.7 Å². The number of hydrogen-bond acceptors (Lipinski definition) is 3. The first-order chi connectivity index (χ1) is 7.13. The molecule has 0 atom stereocenters. The van der Waals surface area contributed by atoms with Crippen LogP contribution < -0.4 is 5.32 Å². The predicted molar refractivity (Wildman–Crippen MR) is 59.2 cm³/mol. The zero-order valence-electron chi connectivity index (χ0n) is 9.63. The Hall–Kier alpha value is -1.27. The largest absolute Gasteiger partial charge is 0.449 e. The third-order valence-electron chi connectivity index (χ3n) is 3.02. The van der Waals surface area contributed by atoms with Crippen LogP contribution in [0.25, 0.3) is 0 Å². The second-order valence-electron chi connectivity index (χ2n) is 4.00. The molecule has 0 amide bonds. The van der Waals surface area contributed by atoms with Crippen molar-refractivity contribution >= 4 is 0 Å². The lowest BCUT2D eigenvalue weighted by Gasteiger charge is -2.27. The van der Waals surface area contributed by atoms with Crippen LogP contribution in [0, 0.1) is 11.3 Å². The molecule has 3 heteroatoms. The summed E-state index contributed by atoms with van der Waals surface area (Å²) in [7, 11) is 0. The van der Waals surface area contributed by atoms with Gasteiger partial charge in [-0.1, -0.05) is 13.8 Å². The highest BCUT2D eigenvalue weighted by Gasteiger charge is 2.18. The van der Waals surface area contributed by atoms with Crippen molar-refractivity contribution < 1.29 is 4.42 Å². The highest BCUT2D eigenvalue weighted by atomic mass is 16.3. The van der Waals surface area contributed by atoms with E-state index in [2.05, 4.69) is 26.1 Å². The van der Waals surface area contributed by atoms with Gasteiger partial charge in [0.15, 0.2) is 0 Å². The summed E-state index contributed by atoms with van der Waals surface area (Å²) in [5.41, 5.74) is 0.152. The van der Waals surface area contributed by atoms with Crippen molar-refractivity contribution in [2.24, 2.45) is 0 Å². The molecule has 0 aliphatic heterocycles. The topological polar surface area (TPSA) is 49.0 Å². The van der Waals surface area contributed by atoms with Crippen molar-refractivity contribution in [3.63, 3.8) is 0 Å². The van der Waals surface area contributed by atoms with Crippen LogP contribution in [0.15, 0.2) is 16.5 Å². The molecule has 0 aliphatic rings. The zero-order valence-corrected chi connectivity index (χ0v) is 9.63. The van der Waals surface area contributed by atoms with Gasteiger partial charge in [0.1, 0.15) is 11.8 Å². The Labute approximate surface area is 91.1 Å². The molecule has 0 radical (unpaired) electrons. The number of nitriles is 1. The summed E-state index contributed by atoms with van der Waals surface area (Å²) in [6, 6.07) is 5.52. The molecule has 0 bridgehead atoms. The van der Waals surface area contributed by atoms with Crippen LogP contribution in [-0.2, 0) is 6.54 Å². The van der Waals surface area contributed by atoms with E-state index in [0.29, 0.717) is 12.3 Å². The summed E-state index contributed by atoms with van der Waals surface area (Å²) >= 11 is 0. The maximum atomic E-state index is 8.61. The number of nitrogens with zero attached hydrogens (tertiary/aromatic N) is 1. The van der Waals surface area contributed by atoms with Gasteiger partial charge < -0.3 is 9.73 Å². The minimum Gasteiger partial charge on any atom is -0.449 e. The van der Waals surface area contributed by atoms with Gasteiger partial charge in [0.25, 0.3) is 0 Å². The molecule has 0 fully saturated rings. The van der Waals surface area contributed by atoms with Crippen molar-refractivity contribution in [3.8, 4) is 6.07 Å². The van der Waals surface area contributed by atoms with E-state index in [0.717, 1.165) is 18.6 Å². The third-order valence-corrected chi connectivity index (χ3v) is 3.02. The molecule has 1 heterocycles. The minimum atomic E-state index is 0.152. The van der Waals surface area contributed by atoms with Crippen LogP contribution in [0.2, 0.25) is 0 Å². The summed E-state index contributed by atoms with van der Waals surface area (Å²) in [5.74, 6) is 1.20. The minimum absolute atomic E-state index is 0.152. The monoisotopic (exact) mass is 206 g/mol. The van der Waals surface area contributed by atoms with Crippen LogP contribution in [0.4, 0.5) is 0 Å². The van der Waals surface area contributed by atoms with E-state index in [4.69, 9.17) is 9.68 Å². The van der Waals surface area contributed by atoms with Crippen LogP contribution >= 0.6 is 0 Å². The van der Waals surface area contributed by atoms with Gasteiger partial charge in [0.05, 0.1) is 6.54 Å². The first-order valence-corrected chi connectivity index (χ1v) is 5.37. The van der Waals surface area contributed by atoms with Crippen LogP contribution in [0.1, 0.15) is 45.1 Å². The molecule has 82 valence electrons. The third kappa shape index (κ3) is 3.10. The van der Waals surface area contributed by atoms with E-state index < -0.39 is 0 Å². The van der Waals surface area contributed by atoms with Gasteiger partial charge in [0.2, 0.25) is 5.76 Å². The molecule has 0 saturated heterocycles. The van der Waals surface area contributed by atoms with Gasteiger partial charge in [-0.3, -0.25) is 0 Å². The molecule has 15 heavy (non-hydrogen) atoms. The predicted octanol–water partition coefficient (Wildman–Crippen LogP) is 2.82. The second-order valence-corrected chi connectivity index (χ2v) is 4.00. The van der Waals surface area contributed by atoms with Gasteiger partial charge in [-0.15, -0.1) is 0 Å². The lowest BCUT2D eigenvalue weighted by Crippen LogP contribution is -2.40. The lowest BCUT2D eigenvalue weighted by molar-refractivity contribution is 0.313. The molecule has 1 rings (SSSR count). The zero-order chi connectivity index (χ0) is 11.3. The van der Waals surface area contributed by atoms with Crippen molar-refractivity contribution in [2.75, 3.05) is 0 Å². The average molecular weight is 206 g/mol. The van der Waals surface area contributed by atoms with Crippen molar-refractivity contribution in [1.29, 1.82) is 5.26 Å². The van der Waals surface area contributed by atoms with Gasteiger partial charge >= 0.3 is 0 Å². The molecule has 0 aromatic carbocycles. The number of hydrogen-bond donors (Lipinski definition) is 1. The summed E-state index contributed by atoms with van der Waals surface area (Å²) in [6.45, 7) is 7.21. The summed E-state index contributed by atoms with van der Waals surface area (Å²) in [5, 5.41) is 12.1. The Morgan fingerprint density at radius 3 is 2.53 bits per heavy atom. The fourth-order valence-corrected chi connectivity index (χ4v) is 1.33. The molecule has 0 spiro atoms. The molecule has 1 aromatic rings. The van der Waals surface area contributed by atoms with E-state index >= 15 is 0 Å². The summed E-state index contributed by atoms with van der Waals surface area (Å²) < 4.78 is 5.29. The Bertz CT molecular complexity index is 345. The van der Waals surface area contributed by atoms with Gasteiger partial charge in [0, 0.05) is 5.54 Å². The molecule has 1 N–H and O–H groups in total. The Morgan fingerprint density at radius 1 is 1.40 bits per heavy atom. The highest BCUT2D eigenvalue weighted by molar-refractivity contribution is 5.19. The quantitative estimate of drug-likeness (QED) is 0.805. The van der Waals surface area contributed by atoms with E-state index in [9.17, 15) is 0 Å². The molecular formula is C12H18N2O. The van der Waals surface area contributed by atoms with E-state index in [1.165, 1.54) is 0 Å². The van der Waals surface area contributed by atoms with E-state index in [1.54, 1.807) is 6.07 Å². The molecule has 0 unspecified atom stereocenters. The number of nitrogens with one attached hydrogen (secondary N) is 1. The first kappa shape index (κ1) is 11.8. The smallest absolute Gasteiger partial charge is 0.203 e. The normalized spacial score (nSPS) is 11.3. The van der Waals surface area contributed by atoms with Crippen LogP contribution in [0.3, 0.4) is 0 Å². The lowest BCUT2D eigenvalue weighted by atomic mass is 9.95. The number of rotatable bonds is 5. The Morgan fingerprint density at radius 2 is 2.07 bits per heavy atom. The van der Waals surface area contributed by atoms with Crippen LogP contribution in [-0.4, -0.2) is 5.54 Å². The fraction of sp³-hybridized carbons (Fsp3) is 0.583. The average Bonchev–Trinajstić information content (AvgIpc) is 2.74. The van der Waals surface area contributed by atoms with Crippen molar-refractivity contribution in [1.82, 2.24) is 5.32 Å². The molecule has 0 aliphatic carbocycles. The fourth-order valence-electron chi connectivity index (χ4n) is 1.33. The maximum absolute atomic E-state index is 8.61. The molecule has 0 saturated carbocycles. The summed E-state index contributed by atoms with van der Waals surface area (Å²) in [4.78, 5) is 0. The van der Waals surface area contributed by atoms with Gasteiger partial charge in [-0.25, -0.2) is 0 Å². The van der Waals surface area contributed by atoms with Crippen molar-refractivity contribution in [2.45, 2.75) is 45.7 Å². The molecular weight excluding hydrogens is 188 g/mol. The molecule has 1 aromatic heterocycles. The highest BCUT2D eigenvalue weighted by Crippen LogP contribution is 2.15. The second kappa shape index (κ2) is 4.99. The van der Waals surface area contributed by atoms with Gasteiger partial charge in [-0.05, 0) is 31.9 Å². The SMILES string of the molecule is CCC(C)(CC)NCc1ccc(C#N)o1. The maximum Gasteiger partial charge on any atom is 0.203 e. The first-order valence-electron chi connectivity index (χ1n) is 5.37. The van der Waals surface area contributed by atoms with E-state index in [1.807, 2.05) is 12.1 Å². The number of furan rings is 1. The van der Waals surface area contributed by atoms with Crippen LogP contribution in [0.5, 0.6) is 0 Å². The van der Waals surface area contributed by atoms with Gasteiger partial charge in [-0.2, -0.15) is 5.26 Å². The Kier molecular flexibility index (Phi) is 3.93. The summed E-state index contributed by atoms with van der Waals surface area (Å²) in [6.07, 6.45) is 2.16.